The highest BCUT2D eigenvalue weighted by Gasteiger charge is 2.32. The number of pyridine rings is 1. The predicted molar refractivity (Wildman–Crippen MR) is 71.4 cm³/mol. The molecule has 0 radical (unpaired) electrons. The predicted octanol–water partition coefficient (Wildman–Crippen LogP) is 3.63. The number of aromatic nitrogens is 1. The summed E-state index contributed by atoms with van der Waals surface area (Å²) in [6, 6.07) is 2.09. The van der Waals surface area contributed by atoms with E-state index in [4.69, 9.17) is 5.73 Å². The monoisotopic (exact) mass is 290 g/mol. The Hall–Kier alpha value is -1.30. The summed E-state index contributed by atoms with van der Waals surface area (Å²) in [6.07, 6.45) is 3.70. The number of nitrogens with zero attached hydrogens (tertiary/aromatic N) is 1. The van der Waals surface area contributed by atoms with Gasteiger partial charge in [0, 0.05) is 0 Å². The molecule has 0 spiro atoms. The van der Waals surface area contributed by atoms with Crippen LogP contribution in [0.3, 0.4) is 0 Å². The summed E-state index contributed by atoms with van der Waals surface area (Å²) in [5.74, 6) is 1.17. The van der Waals surface area contributed by atoms with Gasteiger partial charge in [-0.15, -0.1) is 0 Å². The molecule has 20 heavy (non-hydrogen) atoms. The molecule has 3 nitrogen and oxygen atoms in total. The van der Waals surface area contributed by atoms with Gasteiger partial charge >= 0.3 is 6.18 Å². The third-order valence-corrected chi connectivity index (χ3v) is 3.32. The maximum Gasteiger partial charge on any atom is 0.433 e. The SMILES string of the molecule is COc1ccc(C(F)(F)F)nc1.NCC1CCCCC1. The Morgan fingerprint density at radius 3 is 2.25 bits per heavy atom. The molecule has 1 saturated carbocycles. The zero-order valence-electron chi connectivity index (χ0n) is 11.6. The van der Waals surface area contributed by atoms with Gasteiger partial charge in [0.2, 0.25) is 0 Å². The number of halogens is 3. The van der Waals surface area contributed by atoms with Gasteiger partial charge in [0.25, 0.3) is 0 Å². The van der Waals surface area contributed by atoms with Crippen LogP contribution in [-0.4, -0.2) is 18.6 Å². The normalized spacial score (nSPS) is 16.2. The van der Waals surface area contributed by atoms with Crippen LogP contribution in [0.15, 0.2) is 18.3 Å². The average molecular weight is 290 g/mol. The molecule has 2 rings (SSSR count). The summed E-state index contributed by atoms with van der Waals surface area (Å²) in [6.45, 7) is 0.917. The Kier molecular flexibility index (Phi) is 6.78. The molecule has 0 aliphatic heterocycles. The van der Waals surface area contributed by atoms with Gasteiger partial charge < -0.3 is 10.5 Å². The van der Waals surface area contributed by atoms with Crippen LogP contribution in [0.1, 0.15) is 37.8 Å². The van der Waals surface area contributed by atoms with Crippen molar-refractivity contribution in [2.45, 2.75) is 38.3 Å². The van der Waals surface area contributed by atoms with Gasteiger partial charge in [-0.3, -0.25) is 0 Å². The zero-order chi connectivity index (χ0) is 15.0. The molecule has 2 N–H and O–H groups in total. The van der Waals surface area contributed by atoms with Crippen molar-refractivity contribution in [1.29, 1.82) is 0 Å². The molecule has 1 aliphatic carbocycles. The summed E-state index contributed by atoms with van der Waals surface area (Å²) < 4.78 is 40.4. The fourth-order valence-corrected chi connectivity index (χ4v) is 2.09. The van der Waals surface area contributed by atoms with Gasteiger partial charge in [-0.2, -0.15) is 13.2 Å². The summed E-state index contributed by atoms with van der Waals surface area (Å²) in [5, 5.41) is 0. The van der Waals surface area contributed by atoms with E-state index in [1.54, 1.807) is 0 Å². The van der Waals surface area contributed by atoms with E-state index < -0.39 is 11.9 Å². The fourth-order valence-electron chi connectivity index (χ4n) is 2.09. The molecule has 1 aromatic rings. The molecule has 1 aromatic heterocycles. The van der Waals surface area contributed by atoms with E-state index in [-0.39, 0.29) is 0 Å². The molecular formula is C14H21F3N2O. The lowest BCUT2D eigenvalue weighted by Gasteiger charge is -2.18. The van der Waals surface area contributed by atoms with Gasteiger partial charge in [0.1, 0.15) is 11.4 Å². The van der Waals surface area contributed by atoms with Crippen molar-refractivity contribution in [2.75, 3.05) is 13.7 Å². The Balaban J connectivity index is 0.000000217. The maximum atomic E-state index is 11.9. The van der Waals surface area contributed by atoms with E-state index in [0.29, 0.717) is 5.75 Å². The molecule has 1 heterocycles. The molecule has 0 saturated heterocycles. The second-order valence-corrected chi connectivity index (χ2v) is 4.82. The Labute approximate surface area is 117 Å². The minimum atomic E-state index is -4.38. The van der Waals surface area contributed by atoms with E-state index in [0.717, 1.165) is 24.7 Å². The third kappa shape index (κ3) is 5.77. The van der Waals surface area contributed by atoms with Crippen molar-refractivity contribution in [3.05, 3.63) is 24.0 Å². The minimum Gasteiger partial charge on any atom is -0.495 e. The molecule has 114 valence electrons. The van der Waals surface area contributed by atoms with E-state index >= 15 is 0 Å². The number of nitrogens with two attached hydrogens (primary N) is 1. The van der Waals surface area contributed by atoms with Crippen molar-refractivity contribution in [2.24, 2.45) is 11.7 Å². The van der Waals surface area contributed by atoms with Crippen LogP contribution in [-0.2, 0) is 6.18 Å². The number of ether oxygens (including phenoxy) is 1. The average Bonchev–Trinajstić information content (AvgIpc) is 2.48. The van der Waals surface area contributed by atoms with Crippen molar-refractivity contribution in [1.82, 2.24) is 4.98 Å². The maximum absolute atomic E-state index is 11.9. The van der Waals surface area contributed by atoms with Gasteiger partial charge in [-0.05, 0) is 37.4 Å². The summed E-state index contributed by atoms with van der Waals surface area (Å²) in [5.41, 5.74) is 4.59. The van der Waals surface area contributed by atoms with Gasteiger partial charge in [-0.25, -0.2) is 4.98 Å². The number of rotatable bonds is 2. The van der Waals surface area contributed by atoms with E-state index in [2.05, 4.69) is 9.72 Å². The first-order chi connectivity index (χ1) is 9.47. The Morgan fingerprint density at radius 1 is 1.25 bits per heavy atom. The quantitative estimate of drug-likeness (QED) is 0.904. The first-order valence-electron chi connectivity index (χ1n) is 6.74. The molecule has 0 amide bonds. The summed E-state index contributed by atoms with van der Waals surface area (Å²) >= 11 is 0. The summed E-state index contributed by atoms with van der Waals surface area (Å²) in [4.78, 5) is 3.17. The van der Waals surface area contributed by atoms with Crippen LogP contribution >= 0.6 is 0 Å². The van der Waals surface area contributed by atoms with Gasteiger partial charge in [0.15, 0.2) is 0 Å². The van der Waals surface area contributed by atoms with Crippen LogP contribution in [0.4, 0.5) is 13.2 Å². The van der Waals surface area contributed by atoms with Gasteiger partial charge in [-0.1, -0.05) is 19.3 Å². The lowest BCUT2D eigenvalue weighted by molar-refractivity contribution is -0.141. The van der Waals surface area contributed by atoms with Crippen LogP contribution < -0.4 is 10.5 Å². The lowest BCUT2D eigenvalue weighted by atomic mass is 9.90. The molecule has 6 heteroatoms. The standard InChI is InChI=1S/C7H6F3NO.C7H15N/c1-12-5-2-3-6(11-4-5)7(8,9)10;8-6-7-4-2-1-3-5-7/h2-4H,1H3;7H,1-6,8H2. The van der Waals surface area contributed by atoms with Crippen LogP contribution in [0.5, 0.6) is 5.75 Å². The largest absolute Gasteiger partial charge is 0.495 e. The lowest BCUT2D eigenvalue weighted by Crippen LogP contribution is -2.16. The van der Waals surface area contributed by atoms with Crippen molar-refractivity contribution < 1.29 is 17.9 Å². The highest BCUT2D eigenvalue weighted by molar-refractivity contribution is 5.20. The number of hydrogen-bond acceptors (Lipinski definition) is 3. The molecule has 1 fully saturated rings. The summed E-state index contributed by atoms with van der Waals surface area (Å²) in [7, 11) is 1.37. The minimum absolute atomic E-state index is 0.308. The molecule has 0 bridgehead atoms. The van der Waals surface area contributed by atoms with Gasteiger partial charge in [0.05, 0.1) is 13.3 Å². The molecule has 1 aliphatic rings. The zero-order valence-corrected chi connectivity index (χ0v) is 11.6. The molecule has 0 unspecified atom stereocenters. The molecular weight excluding hydrogens is 269 g/mol. The first kappa shape index (κ1) is 16.8. The highest BCUT2D eigenvalue weighted by atomic mass is 19.4. The van der Waals surface area contributed by atoms with Crippen LogP contribution in [0.2, 0.25) is 0 Å². The Morgan fingerprint density at radius 2 is 1.90 bits per heavy atom. The smallest absolute Gasteiger partial charge is 0.433 e. The Bertz CT molecular complexity index is 373. The highest BCUT2D eigenvalue weighted by Crippen LogP contribution is 2.28. The van der Waals surface area contributed by atoms with Crippen molar-refractivity contribution in [3.63, 3.8) is 0 Å². The number of hydrogen-bond donors (Lipinski definition) is 1. The van der Waals surface area contributed by atoms with E-state index in [1.165, 1.54) is 45.3 Å². The number of alkyl halides is 3. The van der Waals surface area contributed by atoms with Crippen molar-refractivity contribution in [3.8, 4) is 5.75 Å². The second-order valence-electron chi connectivity index (χ2n) is 4.82. The second kappa shape index (κ2) is 8.09. The molecule has 0 aromatic carbocycles. The third-order valence-electron chi connectivity index (χ3n) is 3.32. The van der Waals surface area contributed by atoms with Crippen LogP contribution in [0.25, 0.3) is 0 Å². The van der Waals surface area contributed by atoms with E-state index in [9.17, 15) is 13.2 Å². The topological polar surface area (TPSA) is 48.1 Å². The molecule has 0 atom stereocenters. The first-order valence-corrected chi connectivity index (χ1v) is 6.74. The van der Waals surface area contributed by atoms with E-state index in [1.807, 2.05) is 0 Å². The number of methoxy groups -OCH3 is 1. The van der Waals surface area contributed by atoms with Crippen molar-refractivity contribution >= 4 is 0 Å². The fraction of sp³-hybridized carbons (Fsp3) is 0.643. The van der Waals surface area contributed by atoms with Crippen LogP contribution in [0, 0.1) is 5.92 Å².